The number of halogens is 1. The fraction of sp³-hybridized carbons (Fsp3) is 0.120. The SMILES string of the molecule is COc1ccc(C=C2Oc3cc(OC(=O)c4ccccc4Cl)ccc3C2=O)c(OC)c1OC. The molecule has 0 amide bonds. The standard InChI is InChI=1S/C25H19ClO7/c1-29-19-11-8-14(23(30-2)24(19)31-3)12-21-22(27)17-10-9-15(13-20(17)33-21)32-25(28)16-6-4-5-7-18(16)26/h4-13H,1-3H3. The van der Waals surface area contributed by atoms with Crippen LogP contribution in [0.3, 0.4) is 0 Å². The zero-order chi connectivity index (χ0) is 23.5. The van der Waals surface area contributed by atoms with Crippen LogP contribution in [0.4, 0.5) is 0 Å². The molecule has 0 aromatic heterocycles. The molecule has 0 atom stereocenters. The summed E-state index contributed by atoms with van der Waals surface area (Å²) in [6.45, 7) is 0. The Morgan fingerprint density at radius 3 is 2.39 bits per heavy atom. The zero-order valence-corrected chi connectivity index (χ0v) is 18.8. The van der Waals surface area contributed by atoms with Crippen molar-refractivity contribution < 1.29 is 33.3 Å². The van der Waals surface area contributed by atoms with E-state index in [2.05, 4.69) is 0 Å². The van der Waals surface area contributed by atoms with Crippen molar-refractivity contribution in [3.63, 3.8) is 0 Å². The van der Waals surface area contributed by atoms with E-state index in [1.807, 2.05) is 0 Å². The number of carbonyl (C=O) groups is 2. The molecule has 33 heavy (non-hydrogen) atoms. The highest BCUT2D eigenvalue weighted by atomic mass is 35.5. The minimum atomic E-state index is -0.615. The third-order valence-corrected chi connectivity index (χ3v) is 5.30. The second kappa shape index (κ2) is 9.26. The molecule has 4 rings (SSSR count). The van der Waals surface area contributed by atoms with Gasteiger partial charge < -0.3 is 23.7 Å². The lowest BCUT2D eigenvalue weighted by Crippen LogP contribution is -2.09. The number of hydrogen-bond acceptors (Lipinski definition) is 7. The fourth-order valence-corrected chi connectivity index (χ4v) is 3.61. The molecular formula is C25H19ClO7. The maximum absolute atomic E-state index is 12.9. The lowest BCUT2D eigenvalue weighted by molar-refractivity contribution is 0.0734. The van der Waals surface area contributed by atoms with Crippen LogP contribution in [-0.2, 0) is 0 Å². The van der Waals surface area contributed by atoms with Crippen molar-refractivity contribution >= 4 is 29.4 Å². The summed E-state index contributed by atoms with van der Waals surface area (Å²) in [6, 6.07) is 14.5. The normalized spacial score (nSPS) is 13.3. The highest BCUT2D eigenvalue weighted by Gasteiger charge is 2.29. The molecule has 0 aliphatic carbocycles. The quantitative estimate of drug-likeness (QED) is 0.280. The van der Waals surface area contributed by atoms with Gasteiger partial charge in [-0.2, -0.15) is 0 Å². The van der Waals surface area contributed by atoms with Crippen molar-refractivity contribution in [3.05, 3.63) is 82.1 Å². The van der Waals surface area contributed by atoms with Crippen molar-refractivity contribution in [1.29, 1.82) is 0 Å². The fourth-order valence-electron chi connectivity index (χ4n) is 3.40. The van der Waals surface area contributed by atoms with Crippen molar-refractivity contribution in [3.8, 4) is 28.7 Å². The number of hydrogen-bond donors (Lipinski definition) is 0. The molecule has 1 aliphatic rings. The molecule has 7 nitrogen and oxygen atoms in total. The lowest BCUT2D eigenvalue weighted by atomic mass is 10.1. The Morgan fingerprint density at radius 2 is 1.70 bits per heavy atom. The third kappa shape index (κ3) is 4.23. The van der Waals surface area contributed by atoms with Crippen LogP contribution in [0, 0.1) is 0 Å². The first-order valence-electron chi connectivity index (χ1n) is 9.80. The summed E-state index contributed by atoms with van der Waals surface area (Å²) in [5, 5.41) is 0.282. The molecule has 0 unspecified atom stereocenters. The van der Waals surface area contributed by atoms with Crippen molar-refractivity contribution in [2.45, 2.75) is 0 Å². The number of fused-ring (bicyclic) bond motifs is 1. The van der Waals surface area contributed by atoms with Gasteiger partial charge in [-0.1, -0.05) is 23.7 Å². The highest BCUT2D eigenvalue weighted by molar-refractivity contribution is 6.33. The minimum Gasteiger partial charge on any atom is -0.493 e. The van der Waals surface area contributed by atoms with Gasteiger partial charge in [-0.25, -0.2) is 4.79 Å². The summed E-state index contributed by atoms with van der Waals surface area (Å²) in [6.07, 6.45) is 1.55. The Bertz CT molecular complexity index is 1280. The molecule has 0 spiro atoms. The van der Waals surface area contributed by atoms with E-state index in [0.29, 0.717) is 28.4 Å². The number of rotatable bonds is 6. The second-order valence-electron chi connectivity index (χ2n) is 6.89. The Kier molecular flexibility index (Phi) is 6.24. The van der Waals surface area contributed by atoms with E-state index in [9.17, 15) is 9.59 Å². The van der Waals surface area contributed by atoms with Crippen molar-refractivity contribution in [1.82, 2.24) is 0 Å². The van der Waals surface area contributed by atoms with Crippen LogP contribution in [0.5, 0.6) is 28.7 Å². The first-order valence-corrected chi connectivity index (χ1v) is 10.2. The van der Waals surface area contributed by atoms with Gasteiger partial charge in [0.15, 0.2) is 17.3 Å². The molecule has 0 N–H and O–H groups in total. The van der Waals surface area contributed by atoms with Crippen LogP contribution in [0.2, 0.25) is 5.02 Å². The maximum atomic E-state index is 12.9. The largest absolute Gasteiger partial charge is 0.493 e. The van der Waals surface area contributed by atoms with Gasteiger partial charge in [0.2, 0.25) is 11.5 Å². The van der Waals surface area contributed by atoms with Crippen LogP contribution in [0.25, 0.3) is 6.08 Å². The summed E-state index contributed by atoms with van der Waals surface area (Å²) in [5.41, 5.74) is 1.15. The van der Waals surface area contributed by atoms with E-state index in [-0.39, 0.29) is 33.6 Å². The van der Waals surface area contributed by atoms with Crippen LogP contribution in [0.1, 0.15) is 26.3 Å². The molecule has 0 bridgehead atoms. The van der Waals surface area contributed by atoms with E-state index >= 15 is 0 Å². The van der Waals surface area contributed by atoms with E-state index in [1.54, 1.807) is 48.5 Å². The molecule has 1 heterocycles. The van der Waals surface area contributed by atoms with Gasteiger partial charge >= 0.3 is 5.97 Å². The number of methoxy groups -OCH3 is 3. The highest BCUT2D eigenvalue weighted by Crippen LogP contribution is 2.42. The Balaban J connectivity index is 1.61. The van der Waals surface area contributed by atoms with Crippen molar-refractivity contribution in [2.24, 2.45) is 0 Å². The average Bonchev–Trinajstić information content (AvgIpc) is 3.13. The predicted molar refractivity (Wildman–Crippen MR) is 122 cm³/mol. The summed E-state index contributed by atoms with van der Waals surface area (Å²) in [5.74, 6) is 0.929. The van der Waals surface area contributed by atoms with Gasteiger partial charge in [0.25, 0.3) is 0 Å². The molecule has 0 fully saturated rings. The lowest BCUT2D eigenvalue weighted by Gasteiger charge is -2.14. The Hall–Kier alpha value is -3.97. The number of allylic oxidation sites excluding steroid dienone is 1. The smallest absolute Gasteiger partial charge is 0.345 e. The monoisotopic (exact) mass is 466 g/mol. The van der Waals surface area contributed by atoms with Crippen LogP contribution < -0.4 is 23.7 Å². The molecule has 3 aromatic carbocycles. The predicted octanol–water partition coefficient (Wildman–Crippen LogP) is 5.20. The maximum Gasteiger partial charge on any atom is 0.345 e. The molecule has 0 saturated heterocycles. The molecular weight excluding hydrogens is 448 g/mol. The van der Waals surface area contributed by atoms with E-state index in [4.69, 9.17) is 35.3 Å². The van der Waals surface area contributed by atoms with E-state index in [0.717, 1.165) is 0 Å². The molecule has 1 aliphatic heterocycles. The number of esters is 1. The number of ketones is 1. The van der Waals surface area contributed by atoms with E-state index in [1.165, 1.54) is 33.5 Å². The van der Waals surface area contributed by atoms with Gasteiger partial charge in [0.05, 0.1) is 37.5 Å². The Labute approximate surface area is 195 Å². The average molecular weight is 467 g/mol. The summed E-state index contributed by atoms with van der Waals surface area (Å²) in [7, 11) is 4.51. The molecule has 0 saturated carbocycles. The zero-order valence-electron chi connectivity index (χ0n) is 18.0. The second-order valence-corrected chi connectivity index (χ2v) is 7.30. The van der Waals surface area contributed by atoms with Gasteiger partial charge in [0, 0.05) is 11.6 Å². The summed E-state index contributed by atoms with van der Waals surface area (Å²) >= 11 is 6.06. The van der Waals surface area contributed by atoms with Crippen LogP contribution >= 0.6 is 11.6 Å². The Morgan fingerprint density at radius 1 is 0.939 bits per heavy atom. The first-order chi connectivity index (χ1) is 16.0. The van der Waals surface area contributed by atoms with Gasteiger partial charge in [-0.15, -0.1) is 0 Å². The van der Waals surface area contributed by atoms with Gasteiger partial charge in [-0.3, -0.25) is 4.79 Å². The van der Waals surface area contributed by atoms with Crippen LogP contribution in [0.15, 0.2) is 60.4 Å². The number of Topliss-reactive ketones (excluding diaryl/α,β-unsaturated/α-hetero) is 1. The topological polar surface area (TPSA) is 80.3 Å². The van der Waals surface area contributed by atoms with Crippen LogP contribution in [-0.4, -0.2) is 33.1 Å². The number of carbonyl (C=O) groups excluding carboxylic acids is 2. The number of benzene rings is 3. The van der Waals surface area contributed by atoms with E-state index < -0.39 is 5.97 Å². The minimum absolute atomic E-state index is 0.0881. The third-order valence-electron chi connectivity index (χ3n) is 4.97. The first kappa shape index (κ1) is 22.2. The summed E-state index contributed by atoms with van der Waals surface area (Å²) < 4.78 is 27.3. The van der Waals surface area contributed by atoms with Gasteiger partial charge in [-0.05, 0) is 42.5 Å². The summed E-state index contributed by atoms with van der Waals surface area (Å²) in [4.78, 5) is 25.3. The molecule has 168 valence electrons. The van der Waals surface area contributed by atoms with Gasteiger partial charge in [0.1, 0.15) is 11.5 Å². The molecule has 8 heteroatoms. The molecule has 0 radical (unpaired) electrons. The van der Waals surface area contributed by atoms with Crippen molar-refractivity contribution in [2.75, 3.05) is 21.3 Å². The molecule has 3 aromatic rings. The number of ether oxygens (including phenoxy) is 5.